The maximum atomic E-state index is 12.6. The van der Waals surface area contributed by atoms with Crippen molar-refractivity contribution in [3.05, 3.63) is 47.7 Å². The third-order valence-corrected chi connectivity index (χ3v) is 6.10. The zero-order valence-corrected chi connectivity index (χ0v) is 15.4. The number of aromatic nitrogens is 2. The first-order chi connectivity index (χ1) is 11.9. The van der Waals surface area contributed by atoms with Gasteiger partial charge < -0.3 is 4.42 Å². The van der Waals surface area contributed by atoms with Crippen LogP contribution in [0.3, 0.4) is 0 Å². The molecule has 0 atom stereocenters. The summed E-state index contributed by atoms with van der Waals surface area (Å²) < 4.78 is 32.3. The Bertz CT molecular complexity index is 781. The number of nitrogens with zero attached hydrogens (tertiary/aromatic N) is 4. The van der Waals surface area contributed by atoms with Gasteiger partial charge in [-0.3, -0.25) is 4.90 Å². The molecule has 1 aliphatic rings. The molecule has 25 heavy (non-hydrogen) atoms. The quantitative estimate of drug-likeness (QED) is 0.778. The summed E-state index contributed by atoms with van der Waals surface area (Å²) in [6, 6.07) is 9.29. The van der Waals surface area contributed by atoms with E-state index in [1.54, 1.807) is 4.31 Å². The van der Waals surface area contributed by atoms with Crippen LogP contribution in [0.2, 0.25) is 0 Å². The summed E-state index contributed by atoms with van der Waals surface area (Å²) in [5.74, 6) is 1.49. The molecule has 1 saturated heterocycles. The van der Waals surface area contributed by atoms with Gasteiger partial charge in [-0.1, -0.05) is 44.2 Å². The molecule has 7 nitrogen and oxygen atoms in total. The lowest BCUT2D eigenvalue weighted by Crippen LogP contribution is -2.48. The molecule has 136 valence electrons. The SMILES string of the molecule is CC(C)c1nnc(CN2CCN(S(=O)(=O)Cc3ccccc3)CC2)o1. The van der Waals surface area contributed by atoms with Gasteiger partial charge in [-0.25, -0.2) is 8.42 Å². The minimum Gasteiger partial charge on any atom is -0.424 e. The Balaban J connectivity index is 1.54. The van der Waals surface area contributed by atoms with E-state index in [0.29, 0.717) is 44.5 Å². The second-order valence-corrected chi connectivity index (χ2v) is 8.57. The summed E-state index contributed by atoms with van der Waals surface area (Å²) in [5.41, 5.74) is 0.817. The fourth-order valence-electron chi connectivity index (χ4n) is 2.80. The zero-order chi connectivity index (χ0) is 17.9. The Hall–Kier alpha value is -1.77. The normalized spacial score (nSPS) is 17.2. The highest BCUT2D eigenvalue weighted by atomic mass is 32.2. The third kappa shape index (κ3) is 4.65. The average Bonchev–Trinajstić information content (AvgIpc) is 3.05. The van der Waals surface area contributed by atoms with Crippen LogP contribution < -0.4 is 0 Å². The van der Waals surface area contributed by atoms with E-state index in [2.05, 4.69) is 15.1 Å². The molecule has 1 aromatic carbocycles. The first kappa shape index (κ1) is 18.0. The average molecular weight is 364 g/mol. The van der Waals surface area contributed by atoms with Crippen LogP contribution in [-0.2, 0) is 22.3 Å². The van der Waals surface area contributed by atoms with Crippen LogP contribution in [-0.4, -0.2) is 54.0 Å². The first-order valence-corrected chi connectivity index (χ1v) is 10.1. The molecule has 1 fully saturated rings. The van der Waals surface area contributed by atoms with Crippen LogP contribution in [0.15, 0.2) is 34.7 Å². The highest BCUT2D eigenvalue weighted by Crippen LogP contribution is 2.16. The van der Waals surface area contributed by atoms with E-state index >= 15 is 0 Å². The molecule has 1 aromatic heterocycles. The molecule has 0 amide bonds. The first-order valence-electron chi connectivity index (χ1n) is 8.50. The molecule has 0 N–H and O–H groups in total. The van der Waals surface area contributed by atoms with E-state index in [1.807, 2.05) is 44.2 Å². The molecule has 0 radical (unpaired) electrons. The number of rotatable bonds is 6. The molecule has 3 rings (SSSR count). The second kappa shape index (κ2) is 7.63. The predicted molar refractivity (Wildman–Crippen MR) is 94.3 cm³/mol. The summed E-state index contributed by atoms with van der Waals surface area (Å²) in [5, 5.41) is 8.10. The topological polar surface area (TPSA) is 79.5 Å². The smallest absolute Gasteiger partial charge is 0.230 e. The summed E-state index contributed by atoms with van der Waals surface area (Å²) in [6.45, 7) is 6.87. The Labute approximate surface area is 148 Å². The standard InChI is InChI=1S/C17H24N4O3S/c1-14(2)17-19-18-16(24-17)12-20-8-10-21(11-9-20)25(22,23)13-15-6-4-3-5-7-15/h3-7,14H,8-13H2,1-2H3. The van der Waals surface area contributed by atoms with Crippen LogP contribution in [0, 0.1) is 0 Å². The Morgan fingerprint density at radius 3 is 2.36 bits per heavy atom. The monoisotopic (exact) mass is 364 g/mol. The van der Waals surface area contributed by atoms with Gasteiger partial charge in [-0.15, -0.1) is 10.2 Å². The molecule has 0 bridgehead atoms. The Kier molecular flexibility index (Phi) is 5.51. The molecule has 0 spiro atoms. The predicted octanol–water partition coefficient (Wildman–Crippen LogP) is 1.84. The number of piperazine rings is 1. The number of benzene rings is 1. The fourth-order valence-corrected chi connectivity index (χ4v) is 4.31. The lowest BCUT2D eigenvalue weighted by atomic mass is 10.2. The van der Waals surface area contributed by atoms with E-state index in [0.717, 1.165) is 5.56 Å². The van der Waals surface area contributed by atoms with Gasteiger partial charge in [0, 0.05) is 32.1 Å². The third-order valence-electron chi connectivity index (χ3n) is 4.25. The van der Waals surface area contributed by atoms with Crippen LogP contribution in [0.25, 0.3) is 0 Å². The molecular weight excluding hydrogens is 340 g/mol. The van der Waals surface area contributed by atoms with Gasteiger partial charge in [0.1, 0.15) is 0 Å². The number of hydrogen-bond donors (Lipinski definition) is 0. The molecule has 0 unspecified atom stereocenters. The summed E-state index contributed by atoms with van der Waals surface area (Å²) in [7, 11) is -3.28. The van der Waals surface area contributed by atoms with Crippen molar-refractivity contribution >= 4 is 10.0 Å². The van der Waals surface area contributed by atoms with Crippen molar-refractivity contribution in [1.82, 2.24) is 19.4 Å². The fraction of sp³-hybridized carbons (Fsp3) is 0.529. The van der Waals surface area contributed by atoms with Gasteiger partial charge in [0.15, 0.2) is 0 Å². The van der Waals surface area contributed by atoms with Gasteiger partial charge in [-0.2, -0.15) is 4.31 Å². The summed E-state index contributed by atoms with van der Waals surface area (Å²) in [4.78, 5) is 2.14. The van der Waals surface area contributed by atoms with Crippen LogP contribution >= 0.6 is 0 Å². The van der Waals surface area contributed by atoms with Crippen molar-refractivity contribution in [3.8, 4) is 0 Å². The molecule has 2 aromatic rings. The van der Waals surface area contributed by atoms with E-state index in [9.17, 15) is 8.42 Å². The van der Waals surface area contributed by atoms with Gasteiger partial charge in [-0.05, 0) is 5.56 Å². The van der Waals surface area contributed by atoms with E-state index in [-0.39, 0.29) is 11.7 Å². The largest absolute Gasteiger partial charge is 0.424 e. The molecule has 8 heteroatoms. The van der Waals surface area contributed by atoms with Crippen molar-refractivity contribution in [2.75, 3.05) is 26.2 Å². The van der Waals surface area contributed by atoms with Crippen molar-refractivity contribution in [3.63, 3.8) is 0 Å². The molecule has 1 aliphatic heterocycles. The minimum atomic E-state index is -3.28. The Morgan fingerprint density at radius 1 is 1.08 bits per heavy atom. The number of sulfonamides is 1. The van der Waals surface area contributed by atoms with Crippen LogP contribution in [0.4, 0.5) is 0 Å². The van der Waals surface area contributed by atoms with Gasteiger partial charge in [0.05, 0.1) is 12.3 Å². The highest BCUT2D eigenvalue weighted by molar-refractivity contribution is 7.88. The van der Waals surface area contributed by atoms with E-state index in [4.69, 9.17) is 4.42 Å². The maximum absolute atomic E-state index is 12.6. The van der Waals surface area contributed by atoms with Crippen molar-refractivity contribution in [1.29, 1.82) is 0 Å². The molecule has 0 saturated carbocycles. The highest BCUT2D eigenvalue weighted by Gasteiger charge is 2.27. The second-order valence-electron chi connectivity index (χ2n) is 6.61. The Morgan fingerprint density at radius 2 is 1.76 bits per heavy atom. The summed E-state index contributed by atoms with van der Waals surface area (Å²) >= 11 is 0. The molecule has 0 aliphatic carbocycles. The summed E-state index contributed by atoms with van der Waals surface area (Å²) in [6.07, 6.45) is 0. The van der Waals surface area contributed by atoms with Crippen molar-refractivity contribution in [2.45, 2.75) is 32.1 Å². The van der Waals surface area contributed by atoms with Gasteiger partial charge in [0.25, 0.3) is 0 Å². The van der Waals surface area contributed by atoms with E-state index in [1.165, 1.54) is 0 Å². The maximum Gasteiger partial charge on any atom is 0.230 e. The van der Waals surface area contributed by atoms with E-state index < -0.39 is 10.0 Å². The lowest BCUT2D eigenvalue weighted by Gasteiger charge is -2.33. The zero-order valence-electron chi connectivity index (χ0n) is 14.6. The minimum absolute atomic E-state index is 0.0508. The van der Waals surface area contributed by atoms with Crippen molar-refractivity contribution in [2.24, 2.45) is 0 Å². The number of hydrogen-bond acceptors (Lipinski definition) is 6. The van der Waals surface area contributed by atoms with Crippen LogP contribution in [0.1, 0.15) is 37.1 Å². The van der Waals surface area contributed by atoms with Crippen LogP contribution in [0.5, 0.6) is 0 Å². The molecule has 2 heterocycles. The molecular formula is C17H24N4O3S. The van der Waals surface area contributed by atoms with Gasteiger partial charge in [0.2, 0.25) is 21.8 Å². The lowest BCUT2D eigenvalue weighted by molar-refractivity contribution is 0.167. The van der Waals surface area contributed by atoms with Gasteiger partial charge >= 0.3 is 0 Å². The van der Waals surface area contributed by atoms with Crippen molar-refractivity contribution < 1.29 is 12.8 Å².